The van der Waals surface area contributed by atoms with Gasteiger partial charge in [-0.15, -0.1) is 0 Å². The van der Waals surface area contributed by atoms with Crippen LogP contribution in [0, 0.1) is 0 Å². The van der Waals surface area contributed by atoms with Gasteiger partial charge in [-0.05, 0) is 45.4 Å². The van der Waals surface area contributed by atoms with Gasteiger partial charge in [0.25, 0.3) is 0 Å². The highest BCUT2D eigenvalue weighted by Crippen LogP contribution is 2.33. The first-order valence-electron chi connectivity index (χ1n) is 6.01. The van der Waals surface area contributed by atoms with Crippen LogP contribution in [0.25, 0.3) is 0 Å². The predicted molar refractivity (Wildman–Crippen MR) is 77.5 cm³/mol. The number of anilines is 1. The van der Waals surface area contributed by atoms with Crippen LogP contribution in [0.4, 0.5) is 5.69 Å². The van der Waals surface area contributed by atoms with Crippen molar-refractivity contribution in [3.63, 3.8) is 0 Å². The van der Waals surface area contributed by atoms with E-state index in [9.17, 15) is 5.11 Å². The molecule has 0 aromatic heterocycles. The van der Waals surface area contributed by atoms with Gasteiger partial charge < -0.3 is 10.0 Å². The van der Waals surface area contributed by atoms with E-state index in [4.69, 9.17) is 0 Å². The van der Waals surface area contributed by atoms with Crippen molar-refractivity contribution in [3.05, 3.63) is 28.2 Å². The second-order valence-corrected chi connectivity index (χ2v) is 6.02. The van der Waals surface area contributed by atoms with Gasteiger partial charge >= 0.3 is 0 Å². The van der Waals surface area contributed by atoms with Gasteiger partial charge in [0.2, 0.25) is 0 Å². The first kappa shape index (κ1) is 14.5. The van der Waals surface area contributed by atoms with Gasteiger partial charge in [0.05, 0.1) is 6.10 Å². The number of hydrogen-bond acceptors (Lipinski definition) is 2. The molecule has 0 heterocycles. The van der Waals surface area contributed by atoms with Crippen LogP contribution in [0.5, 0.6) is 0 Å². The molecule has 0 saturated heterocycles. The SMILES string of the molecule is CCC(C)(C)N(C)c1ccc(Br)cc1C(C)O. The number of aliphatic hydroxyl groups excluding tert-OH is 1. The summed E-state index contributed by atoms with van der Waals surface area (Å²) in [4.78, 5) is 2.24. The predicted octanol–water partition coefficient (Wildman–Crippen LogP) is 4.13. The molecule has 0 aliphatic carbocycles. The van der Waals surface area contributed by atoms with Crippen LogP contribution in [0.2, 0.25) is 0 Å². The van der Waals surface area contributed by atoms with Crippen LogP contribution in [0.3, 0.4) is 0 Å². The summed E-state index contributed by atoms with van der Waals surface area (Å²) < 4.78 is 1.000. The minimum Gasteiger partial charge on any atom is -0.389 e. The van der Waals surface area contributed by atoms with E-state index < -0.39 is 6.10 Å². The van der Waals surface area contributed by atoms with Crippen LogP contribution in [0.15, 0.2) is 22.7 Å². The van der Waals surface area contributed by atoms with Crippen LogP contribution >= 0.6 is 15.9 Å². The third kappa shape index (κ3) is 3.23. The summed E-state index contributed by atoms with van der Waals surface area (Å²) in [5.41, 5.74) is 2.13. The smallest absolute Gasteiger partial charge is 0.0782 e. The summed E-state index contributed by atoms with van der Waals surface area (Å²) in [6.45, 7) is 8.40. The van der Waals surface area contributed by atoms with Crippen molar-refractivity contribution < 1.29 is 5.11 Å². The van der Waals surface area contributed by atoms with Crippen molar-refractivity contribution in [2.75, 3.05) is 11.9 Å². The summed E-state index contributed by atoms with van der Waals surface area (Å²) >= 11 is 3.45. The molecule has 0 aliphatic rings. The van der Waals surface area contributed by atoms with Gasteiger partial charge in [-0.25, -0.2) is 0 Å². The zero-order chi connectivity index (χ0) is 13.2. The molecule has 2 nitrogen and oxygen atoms in total. The van der Waals surface area contributed by atoms with E-state index in [1.165, 1.54) is 0 Å². The Hall–Kier alpha value is -0.540. The molecule has 0 radical (unpaired) electrons. The van der Waals surface area contributed by atoms with Gasteiger partial charge in [0.1, 0.15) is 0 Å². The molecule has 0 bridgehead atoms. The Labute approximate surface area is 113 Å². The van der Waals surface area contributed by atoms with Crippen molar-refractivity contribution in [2.24, 2.45) is 0 Å². The number of halogens is 1. The van der Waals surface area contributed by atoms with Crippen molar-refractivity contribution in [1.82, 2.24) is 0 Å². The fourth-order valence-corrected chi connectivity index (χ4v) is 2.11. The van der Waals surface area contributed by atoms with Crippen LogP contribution in [0.1, 0.15) is 45.8 Å². The van der Waals surface area contributed by atoms with Crippen LogP contribution < -0.4 is 4.90 Å². The molecule has 17 heavy (non-hydrogen) atoms. The van der Waals surface area contributed by atoms with Gasteiger partial charge in [0.15, 0.2) is 0 Å². The first-order valence-corrected chi connectivity index (χ1v) is 6.80. The highest BCUT2D eigenvalue weighted by molar-refractivity contribution is 9.10. The third-order valence-electron chi connectivity index (χ3n) is 3.57. The first-order chi connectivity index (χ1) is 7.79. The van der Waals surface area contributed by atoms with E-state index in [1.807, 2.05) is 12.1 Å². The van der Waals surface area contributed by atoms with Gasteiger partial charge in [0, 0.05) is 28.3 Å². The normalized spacial score (nSPS) is 13.6. The Morgan fingerprint density at radius 3 is 2.47 bits per heavy atom. The van der Waals surface area contributed by atoms with Gasteiger partial charge in [-0.3, -0.25) is 0 Å². The summed E-state index contributed by atoms with van der Waals surface area (Å²) in [7, 11) is 2.08. The fourth-order valence-electron chi connectivity index (χ4n) is 1.73. The molecule has 3 heteroatoms. The zero-order valence-electron chi connectivity index (χ0n) is 11.3. The lowest BCUT2D eigenvalue weighted by molar-refractivity contribution is 0.199. The minimum absolute atomic E-state index is 0.0808. The molecule has 96 valence electrons. The molecular formula is C14H22BrNO. The quantitative estimate of drug-likeness (QED) is 0.904. The second kappa shape index (κ2) is 5.40. The number of benzene rings is 1. The summed E-state index contributed by atoms with van der Waals surface area (Å²) in [6.07, 6.45) is 0.594. The third-order valence-corrected chi connectivity index (χ3v) is 4.07. The van der Waals surface area contributed by atoms with E-state index in [0.29, 0.717) is 0 Å². The van der Waals surface area contributed by atoms with E-state index in [1.54, 1.807) is 6.92 Å². The minimum atomic E-state index is -0.461. The fraction of sp³-hybridized carbons (Fsp3) is 0.571. The number of hydrogen-bond donors (Lipinski definition) is 1. The summed E-state index contributed by atoms with van der Waals surface area (Å²) in [5, 5.41) is 9.87. The largest absolute Gasteiger partial charge is 0.389 e. The second-order valence-electron chi connectivity index (χ2n) is 5.10. The molecule has 1 atom stereocenters. The van der Waals surface area contributed by atoms with Crippen molar-refractivity contribution in [2.45, 2.75) is 45.8 Å². The van der Waals surface area contributed by atoms with E-state index in [-0.39, 0.29) is 5.54 Å². The molecule has 1 aromatic rings. The van der Waals surface area contributed by atoms with Gasteiger partial charge in [-0.2, -0.15) is 0 Å². The Kier molecular flexibility index (Phi) is 4.62. The van der Waals surface area contributed by atoms with E-state index in [0.717, 1.165) is 22.1 Å². The molecule has 1 N–H and O–H groups in total. The lowest BCUT2D eigenvalue weighted by Crippen LogP contribution is -2.41. The van der Waals surface area contributed by atoms with Crippen LogP contribution in [-0.2, 0) is 0 Å². The molecule has 1 aromatic carbocycles. The number of nitrogens with zero attached hydrogens (tertiary/aromatic N) is 1. The molecule has 0 fully saturated rings. The van der Waals surface area contributed by atoms with E-state index >= 15 is 0 Å². The monoisotopic (exact) mass is 299 g/mol. The Morgan fingerprint density at radius 1 is 1.41 bits per heavy atom. The molecule has 0 spiro atoms. The average Bonchev–Trinajstić information content (AvgIpc) is 2.28. The van der Waals surface area contributed by atoms with Crippen molar-refractivity contribution in [3.8, 4) is 0 Å². The van der Waals surface area contributed by atoms with Gasteiger partial charge in [-0.1, -0.05) is 22.9 Å². The summed E-state index contributed by atoms with van der Waals surface area (Å²) in [5.74, 6) is 0. The average molecular weight is 300 g/mol. The zero-order valence-corrected chi connectivity index (χ0v) is 12.9. The highest BCUT2D eigenvalue weighted by atomic mass is 79.9. The lowest BCUT2D eigenvalue weighted by atomic mass is 9.97. The molecule has 0 amide bonds. The highest BCUT2D eigenvalue weighted by Gasteiger charge is 2.24. The molecule has 0 saturated carbocycles. The number of aliphatic hydroxyl groups is 1. The molecule has 1 unspecified atom stereocenters. The maximum absolute atomic E-state index is 9.87. The summed E-state index contributed by atoms with van der Waals surface area (Å²) in [6, 6.07) is 6.06. The Balaban J connectivity index is 3.22. The standard InChI is InChI=1S/C14H22BrNO/c1-6-14(3,4)16(5)13-8-7-11(15)9-12(13)10(2)17/h7-10,17H,6H2,1-5H3. The Morgan fingerprint density at radius 2 is 2.00 bits per heavy atom. The number of rotatable bonds is 4. The lowest BCUT2D eigenvalue weighted by Gasteiger charge is -2.38. The van der Waals surface area contributed by atoms with Crippen molar-refractivity contribution in [1.29, 1.82) is 0 Å². The van der Waals surface area contributed by atoms with Crippen molar-refractivity contribution >= 4 is 21.6 Å². The van der Waals surface area contributed by atoms with Crippen LogP contribution in [-0.4, -0.2) is 17.7 Å². The Bertz CT molecular complexity index is 388. The van der Waals surface area contributed by atoms with E-state index in [2.05, 4.69) is 54.7 Å². The maximum atomic E-state index is 9.87. The molecular weight excluding hydrogens is 278 g/mol. The molecule has 0 aliphatic heterocycles. The maximum Gasteiger partial charge on any atom is 0.0782 e. The molecule has 1 rings (SSSR count). The topological polar surface area (TPSA) is 23.5 Å².